The Balaban J connectivity index is 2.15. The first-order valence-electron chi connectivity index (χ1n) is 6.44. The predicted octanol–water partition coefficient (Wildman–Crippen LogP) is 3.13. The highest BCUT2D eigenvalue weighted by Gasteiger charge is 2.13. The summed E-state index contributed by atoms with van der Waals surface area (Å²) in [5.74, 6) is -2.06. The third-order valence-corrected chi connectivity index (χ3v) is 3.28. The van der Waals surface area contributed by atoms with Crippen LogP contribution in [0.25, 0.3) is 0 Å². The number of halogens is 2. The van der Waals surface area contributed by atoms with E-state index in [0.29, 0.717) is 16.8 Å². The molecule has 1 amide bonds. The topological polar surface area (TPSA) is 46.3 Å². The van der Waals surface area contributed by atoms with Crippen molar-refractivity contribution in [1.82, 2.24) is 4.90 Å². The molecule has 2 aromatic carbocycles. The second kappa shape index (κ2) is 5.91. The summed E-state index contributed by atoms with van der Waals surface area (Å²) in [6, 6.07) is 8.66. The maximum Gasteiger partial charge on any atom is 0.253 e. The van der Waals surface area contributed by atoms with Crippen LogP contribution in [0.1, 0.15) is 21.5 Å². The first-order valence-corrected chi connectivity index (χ1v) is 6.44. The Morgan fingerprint density at radius 3 is 2.48 bits per heavy atom. The van der Waals surface area contributed by atoms with Gasteiger partial charge in [-0.15, -0.1) is 0 Å². The summed E-state index contributed by atoms with van der Waals surface area (Å²) in [7, 11) is 1.60. The molecule has 0 atom stereocenters. The van der Waals surface area contributed by atoms with Crippen molar-refractivity contribution in [3.8, 4) is 0 Å². The van der Waals surface area contributed by atoms with Crippen molar-refractivity contribution < 1.29 is 13.6 Å². The van der Waals surface area contributed by atoms with Gasteiger partial charge in [0.1, 0.15) is 0 Å². The lowest BCUT2D eigenvalue weighted by Crippen LogP contribution is -2.26. The number of anilines is 1. The highest BCUT2D eigenvalue weighted by atomic mass is 19.2. The third kappa shape index (κ3) is 3.37. The van der Waals surface area contributed by atoms with Gasteiger partial charge in [-0.05, 0) is 42.3 Å². The number of nitrogen functional groups attached to an aromatic ring is 1. The number of carbonyl (C=O) groups is 1. The molecule has 110 valence electrons. The number of hydrogen-bond donors (Lipinski definition) is 1. The van der Waals surface area contributed by atoms with E-state index < -0.39 is 11.6 Å². The van der Waals surface area contributed by atoms with Gasteiger partial charge in [-0.3, -0.25) is 4.79 Å². The summed E-state index contributed by atoms with van der Waals surface area (Å²) in [6.07, 6.45) is 0. The van der Waals surface area contributed by atoms with E-state index in [0.717, 1.165) is 17.7 Å². The largest absolute Gasteiger partial charge is 0.398 e. The molecule has 21 heavy (non-hydrogen) atoms. The van der Waals surface area contributed by atoms with Crippen LogP contribution in [0, 0.1) is 18.6 Å². The standard InChI is InChI=1S/C16H16F2N2O/c1-10-3-5-12(8-15(10)19)16(21)20(2)9-11-4-6-13(17)14(18)7-11/h3-8H,9,19H2,1-2H3. The van der Waals surface area contributed by atoms with Crippen molar-refractivity contribution in [2.24, 2.45) is 0 Å². The number of amides is 1. The SMILES string of the molecule is Cc1ccc(C(=O)N(C)Cc2ccc(F)c(F)c2)cc1N. The molecule has 0 aliphatic carbocycles. The van der Waals surface area contributed by atoms with Gasteiger partial charge in [0.05, 0.1) is 0 Å². The van der Waals surface area contributed by atoms with E-state index in [9.17, 15) is 13.6 Å². The van der Waals surface area contributed by atoms with E-state index in [1.165, 1.54) is 11.0 Å². The average molecular weight is 290 g/mol. The zero-order valence-corrected chi connectivity index (χ0v) is 11.9. The number of nitrogens with two attached hydrogens (primary N) is 1. The van der Waals surface area contributed by atoms with Gasteiger partial charge in [0, 0.05) is 24.8 Å². The van der Waals surface area contributed by atoms with E-state index in [-0.39, 0.29) is 12.5 Å². The summed E-state index contributed by atoms with van der Waals surface area (Å²) >= 11 is 0. The number of rotatable bonds is 3. The zero-order valence-electron chi connectivity index (χ0n) is 11.9. The maximum atomic E-state index is 13.2. The number of hydrogen-bond acceptors (Lipinski definition) is 2. The normalized spacial score (nSPS) is 10.5. The molecule has 0 saturated carbocycles. The summed E-state index contributed by atoms with van der Waals surface area (Å²) < 4.78 is 26.0. The number of benzene rings is 2. The van der Waals surface area contributed by atoms with Gasteiger partial charge in [-0.2, -0.15) is 0 Å². The summed E-state index contributed by atoms with van der Waals surface area (Å²) in [4.78, 5) is 13.7. The minimum absolute atomic E-state index is 0.184. The quantitative estimate of drug-likeness (QED) is 0.883. The van der Waals surface area contributed by atoms with Crippen LogP contribution in [0.5, 0.6) is 0 Å². The highest BCUT2D eigenvalue weighted by molar-refractivity contribution is 5.95. The van der Waals surface area contributed by atoms with Crippen LogP contribution < -0.4 is 5.73 Å². The van der Waals surface area contributed by atoms with Crippen LogP contribution in [-0.4, -0.2) is 17.9 Å². The smallest absolute Gasteiger partial charge is 0.253 e. The number of carbonyl (C=O) groups excluding carboxylic acids is 1. The molecule has 0 bridgehead atoms. The van der Waals surface area contributed by atoms with Gasteiger partial charge in [0.25, 0.3) is 5.91 Å². The van der Waals surface area contributed by atoms with Crippen LogP contribution in [0.3, 0.4) is 0 Å². The third-order valence-electron chi connectivity index (χ3n) is 3.28. The summed E-state index contributed by atoms with van der Waals surface area (Å²) in [6.45, 7) is 2.04. The molecular formula is C16H16F2N2O. The second-order valence-corrected chi connectivity index (χ2v) is 4.98. The lowest BCUT2D eigenvalue weighted by Gasteiger charge is -2.18. The minimum atomic E-state index is -0.923. The van der Waals surface area contributed by atoms with Crippen molar-refractivity contribution in [3.63, 3.8) is 0 Å². The zero-order chi connectivity index (χ0) is 15.6. The molecule has 2 rings (SSSR count). The molecular weight excluding hydrogens is 274 g/mol. The van der Waals surface area contributed by atoms with E-state index in [1.807, 2.05) is 6.92 Å². The van der Waals surface area contributed by atoms with E-state index >= 15 is 0 Å². The molecule has 0 spiro atoms. The molecule has 3 nitrogen and oxygen atoms in total. The summed E-state index contributed by atoms with van der Waals surface area (Å²) in [5.41, 5.74) is 8.21. The van der Waals surface area contributed by atoms with Crippen LogP contribution in [0.4, 0.5) is 14.5 Å². The van der Waals surface area contributed by atoms with Crippen LogP contribution in [0.15, 0.2) is 36.4 Å². The van der Waals surface area contributed by atoms with Crippen molar-refractivity contribution in [2.45, 2.75) is 13.5 Å². The first kappa shape index (κ1) is 15.0. The van der Waals surface area contributed by atoms with Gasteiger partial charge in [0.15, 0.2) is 11.6 Å². The first-order chi connectivity index (χ1) is 9.88. The molecule has 2 N–H and O–H groups in total. The molecule has 0 saturated heterocycles. The predicted molar refractivity (Wildman–Crippen MR) is 77.7 cm³/mol. The molecule has 0 heterocycles. The number of nitrogens with zero attached hydrogens (tertiary/aromatic N) is 1. The fourth-order valence-corrected chi connectivity index (χ4v) is 1.98. The Labute approximate surface area is 122 Å². The van der Waals surface area contributed by atoms with Crippen molar-refractivity contribution in [2.75, 3.05) is 12.8 Å². The summed E-state index contributed by atoms with van der Waals surface area (Å²) in [5, 5.41) is 0. The van der Waals surface area contributed by atoms with Crippen LogP contribution in [-0.2, 0) is 6.54 Å². The van der Waals surface area contributed by atoms with Gasteiger partial charge < -0.3 is 10.6 Å². The highest BCUT2D eigenvalue weighted by Crippen LogP contribution is 2.16. The molecule has 0 aliphatic rings. The molecule has 0 radical (unpaired) electrons. The maximum absolute atomic E-state index is 13.2. The van der Waals surface area contributed by atoms with E-state index in [1.54, 1.807) is 25.2 Å². The van der Waals surface area contributed by atoms with E-state index in [4.69, 9.17) is 5.73 Å². The van der Waals surface area contributed by atoms with Crippen molar-refractivity contribution in [3.05, 3.63) is 64.7 Å². The fourth-order valence-electron chi connectivity index (χ4n) is 1.98. The van der Waals surface area contributed by atoms with Gasteiger partial charge in [-0.25, -0.2) is 8.78 Å². The average Bonchev–Trinajstić information content (AvgIpc) is 2.45. The molecule has 0 aliphatic heterocycles. The molecule has 0 unspecified atom stereocenters. The Bertz CT molecular complexity index is 686. The minimum Gasteiger partial charge on any atom is -0.398 e. The Hall–Kier alpha value is -2.43. The van der Waals surface area contributed by atoms with Crippen molar-refractivity contribution >= 4 is 11.6 Å². The van der Waals surface area contributed by atoms with Crippen LogP contribution >= 0.6 is 0 Å². The fraction of sp³-hybridized carbons (Fsp3) is 0.188. The molecule has 0 aromatic heterocycles. The lowest BCUT2D eigenvalue weighted by molar-refractivity contribution is 0.0785. The number of aryl methyl sites for hydroxylation is 1. The monoisotopic (exact) mass is 290 g/mol. The van der Waals surface area contributed by atoms with E-state index in [2.05, 4.69) is 0 Å². The molecule has 5 heteroatoms. The van der Waals surface area contributed by atoms with Crippen molar-refractivity contribution in [1.29, 1.82) is 0 Å². The second-order valence-electron chi connectivity index (χ2n) is 4.98. The Morgan fingerprint density at radius 1 is 1.14 bits per heavy atom. The Kier molecular flexibility index (Phi) is 4.21. The van der Waals surface area contributed by atoms with Gasteiger partial charge >= 0.3 is 0 Å². The molecule has 0 fully saturated rings. The Morgan fingerprint density at radius 2 is 1.86 bits per heavy atom. The van der Waals surface area contributed by atoms with Gasteiger partial charge in [0.2, 0.25) is 0 Å². The molecule has 2 aromatic rings. The lowest BCUT2D eigenvalue weighted by atomic mass is 10.1. The van der Waals surface area contributed by atoms with Gasteiger partial charge in [-0.1, -0.05) is 12.1 Å². The van der Waals surface area contributed by atoms with Crippen LogP contribution in [0.2, 0.25) is 0 Å².